The maximum atomic E-state index is 13.8. The number of hydrogen-bond donors (Lipinski definition) is 2. The van der Waals surface area contributed by atoms with Gasteiger partial charge in [0.05, 0.1) is 11.3 Å². The number of hydrogen-bond acceptors (Lipinski definition) is 3. The molecular formula is C16H15F3N2O3S. The van der Waals surface area contributed by atoms with E-state index in [0.717, 1.165) is 0 Å². The van der Waals surface area contributed by atoms with E-state index in [1.165, 1.54) is 24.3 Å². The van der Waals surface area contributed by atoms with Gasteiger partial charge in [-0.1, -0.05) is 19.1 Å². The van der Waals surface area contributed by atoms with E-state index in [-0.39, 0.29) is 11.3 Å². The van der Waals surface area contributed by atoms with Gasteiger partial charge in [0, 0.05) is 6.54 Å². The average Bonchev–Trinajstić information content (AvgIpc) is 2.57. The first-order valence-electron chi connectivity index (χ1n) is 7.31. The van der Waals surface area contributed by atoms with Gasteiger partial charge in [0.1, 0.15) is 4.90 Å². The molecule has 0 unspecified atom stereocenters. The molecule has 0 aromatic heterocycles. The van der Waals surface area contributed by atoms with Gasteiger partial charge in [-0.2, -0.15) is 0 Å². The molecule has 2 aromatic carbocycles. The molecule has 0 aliphatic carbocycles. The Hall–Kier alpha value is -2.55. The van der Waals surface area contributed by atoms with Crippen LogP contribution in [0.2, 0.25) is 0 Å². The van der Waals surface area contributed by atoms with E-state index in [0.29, 0.717) is 25.1 Å². The van der Waals surface area contributed by atoms with Crippen LogP contribution in [-0.2, 0) is 10.0 Å². The van der Waals surface area contributed by atoms with Crippen LogP contribution in [0.1, 0.15) is 23.7 Å². The molecule has 0 heterocycles. The average molecular weight is 372 g/mol. The molecule has 0 saturated carbocycles. The van der Waals surface area contributed by atoms with Gasteiger partial charge in [-0.3, -0.25) is 9.52 Å². The highest BCUT2D eigenvalue weighted by Gasteiger charge is 2.25. The molecule has 9 heteroatoms. The van der Waals surface area contributed by atoms with Crippen LogP contribution in [0, 0.1) is 17.5 Å². The number of amides is 1. The summed E-state index contributed by atoms with van der Waals surface area (Å²) in [6, 6.07) is 6.79. The van der Waals surface area contributed by atoms with Crippen molar-refractivity contribution >= 4 is 21.6 Å². The van der Waals surface area contributed by atoms with E-state index in [1.807, 2.05) is 11.6 Å². The lowest BCUT2D eigenvalue weighted by atomic mass is 10.1. The Morgan fingerprint density at radius 3 is 2.40 bits per heavy atom. The van der Waals surface area contributed by atoms with Crippen molar-refractivity contribution in [3.63, 3.8) is 0 Å². The summed E-state index contributed by atoms with van der Waals surface area (Å²) >= 11 is 0. The zero-order valence-electron chi connectivity index (χ0n) is 13.1. The summed E-state index contributed by atoms with van der Waals surface area (Å²) in [5, 5.41) is 2.59. The maximum absolute atomic E-state index is 13.8. The van der Waals surface area contributed by atoms with Gasteiger partial charge in [0.25, 0.3) is 15.9 Å². The first-order chi connectivity index (χ1) is 11.8. The second-order valence-electron chi connectivity index (χ2n) is 5.08. The fourth-order valence-electron chi connectivity index (χ4n) is 2.02. The highest BCUT2D eigenvalue weighted by atomic mass is 32.2. The van der Waals surface area contributed by atoms with Gasteiger partial charge < -0.3 is 5.32 Å². The molecule has 0 aliphatic heterocycles. The van der Waals surface area contributed by atoms with Gasteiger partial charge >= 0.3 is 0 Å². The summed E-state index contributed by atoms with van der Waals surface area (Å²) in [6.07, 6.45) is 0.680. The molecular weight excluding hydrogens is 357 g/mol. The van der Waals surface area contributed by atoms with Crippen molar-refractivity contribution in [1.82, 2.24) is 5.32 Å². The van der Waals surface area contributed by atoms with Gasteiger partial charge in [-0.15, -0.1) is 0 Å². The Bertz CT molecular complexity index is 901. The van der Waals surface area contributed by atoms with Crippen LogP contribution in [0.15, 0.2) is 41.3 Å². The highest BCUT2D eigenvalue weighted by molar-refractivity contribution is 7.92. The molecule has 134 valence electrons. The molecule has 5 nitrogen and oxygen atoms in total. The first-order valence-corrected chi connectivity index (χ1v) is 8.79. The van der Waals surface area contributed by atoms with Crippen LogP contribution in [-0.4, -0.2) is 20.9 Å². The number of carbonyl (C=O) groups excluding carboxylic acids is 1. The number of rotatable bonds is 6. The Morgan fingerprint density at radius 1 is 1.04 bits per heavy atom. The lowest BCUT2D eigenvalue weighted by Gasteiger charge is -2.13. The summed E-state index contributed by atoms with van der Waals surface area (Å²) in [5.41, 5.74) is -0.0947. The predicted molar refractivity (Wildman–Crippen MR) is 86.2 cm³/mol. The molecule has 2 N–H and O–H groups in total. The largest absolute Gasteiger partial charge is 0.352 e. The molecule has 0 bridgehead atoms. The zero-order chi connectivity index (χ0) is 18.6. The van der Waals surface area contributed by atoms with Crippen LogP contribution in [0.4, 0.5) is 18.9 Å². The SMILES string of the molecule is CCCNC(=O)c1ccccc1NS(=O)(=O)c1ccc(F)c(F)c1F. The lowest BCUT2D eigenvalue weighted by Crippen LogP contribution is -2.26. The molecule has 0 atom stereocenters. The van der Waals surface area contributed by atoms with Crippen LogP contribution in [0.3, 0.4) is 0 Å². The van der Waals surface area contributed by atoms with E-state index >= 15 is 0 Å². The first kappa shape index (κ1) is 18.8. The van der Waals surface area contributed by atoms with Gasteiger partial charge in [0.15, 0.2) is 17.5 Å². The fraction of sp³-hybridized carbons (Fsp3) is 0.188. The molecule has 2 rings (SSSR count). The number of benzene rings is 2. The Kier molecular flexibility index (Phi) is 5.68. The topological polar surface area (TPSA) is 75.3 Å². The molecule has 0 aliphatic rings. The normalized spacial score (nSPS) is 11.2. The monoisotopic (exact) mass is 372 g/mol. The third-order valence-electron chi connectivity index (χ3n) is 3.24. The smallest absolute Gasteiger partial charge is 0.264 e. The van der Waals surface area contributed by atoms with E-state index in [2.05, 4.69) is 5.32 Å². The number of nitrogens with one attached hydrogen (secondary N) is 2. The maximum Gasteiger partial charge on any atom is 0.264 e. The van der Waals surface area contributed by atoms with Crippen molar-refractivity contribution in [2.24, 2.45) is 0 Å². The third kappa shape index (κ3) is 4.11. The molecule has 25 heavy (non-hydrogen) atoms. The van der Waals surface area contributed by atoms with E-state index < -0.39 is 38.3 Å². The van der Waals surface area contributed by atoms with Gasteiger partial charge in [-0.25, -0.2) is 21.6 Å². The highest BCUT2D eigenvalue weighted by Crippen LogP contribution is 2.24. The van der Waals surface area contributed by atoms with Crippen molar-refractivity contribution in [3.8, 4) is 0 Å². The number of carbonyl (C=O) groups is 1. The third-order valence-corrected chi connectivity index (χ3v) is 4.62. The molecule has 0 fully saturated rings. The van der Waals surface area contributed by atoms with Crippen LogP contribution < -0.4 is 10.0 Å². The quantitative estimate of drug-likeness (QED) is 0.766. The Labute approximate surface area is 142 Å². The Morgan fingerprint density at radius 2 is 1.72 bits per heavy atom. The number of para-hydroxylation sites is 1. The van der Waals surface area contributed by atoms with Crippen molar-refractivity contribution in [2.45, 2.75) is 18.2 Å². The van der Waals surface area contributed by atoms with Crippen LogP contribution in [0.25, 0.3) is 0 Å². The summed E-state index contributed by atoms with van der Waals surface area (Å²) in [6.45, 7) is 2.23. The summed E-state index contributed by atoms with van der Waals surface area (Å²) in [4.78, 5) is 11.0. The standard InChI is InChI=1S/C16H15F3N2O3S/c1-2-9-20-16(22)10-5-3-4-6-12(10)21-25(23,24)13-8-7-11(17)14(18)15(13)19/h3-8,21H,2,9H2,1H3,(H,20,22). The summed E-state index contributed by atoms with van der Waals surface area (Å²) < 4.78 is 66.7. The van der Waals surface area contributed by atoms with E-state index in [1.54, 1.807) is 0 Å². The summed E-state index contributed by atoms with van der Waals surface area (Å²) in [7, 11) is -4.57. The minimum absolute atomic E-state index is 0.0162. The molecule has 0 radical (unpaired) electrons. The molecule has 0 saturated heterocycles. The lowest BCUT2D eigenvalue weighted by molar-refractivity contribution is 0.0954. The van der Waals surface area contributed by atoms with Crippen LogP contribution >= 0.6 is 0 Å². The minimum atomic E-state index is -4.57. The second-order valence-corrected chi connectivity index (χ2v) is 6.73. The van der Waals surface area contributed by atoms with Crippen molar-refractivity contribution < 1.29 is 26.4 Å². The van der Waals surface area contributed by atoms with Crippen molar-refractivity contribution in [3.05, 3.63) is 59.4 Å². The van der Waals surface area contributed by atoms with Gasteiger partial charge in [0.2, 0.25) is 0 Å². The number of halogens is 3. The van der Waals surface area contributed by atoms with Crippen molar-refractivity contribution in [2.75, 3.05) is 11.3 Å². The van der Waals surface area contributed by atoms with Crippen molar-refractivity contribution in [1.29, 1.82) is 0 Å². The fourth-order valence-corrected chi connectivity index (χ4v) is 3.17. The predicted octanol–water partition coefficient (Wildman–Crippen LogP) is 3.04. The number of anilines is 1. The van der Waals surface area contributed by atoms with E-state index in [9.17, 15) is 26.4 Å². The molecule has 2 aromatic rings. The van der Waals surface area contributed by atoms with Gasteiger partial charge in [-0.05, 0) is 30.7 Å². The molecule has 0 spiro atoms. The summed E-state index contributed by atoms with van der Waals surface area (Å²) in [5.74, 6) is -5.75. The Balaban J connectivity index is 2.40. The zero-order valence-corrected chi connectivity index (χ0v) is 14.0. The minimum Gasteiger partial charge on any atom is -0.352 e. The van der Waals surface area contributed by atoms with E-state index in [4.69, 9.17) is 0 Å². The number of sulfonamides is 1. The van der Waals surface area contributed by atoms with Crippen LogP contribution in [0.5, 0.6) is 0 Å². The molecule has 1 amide bonds. The second kappa shape index (κ2) is 7.56.